The monoisotopic (exact) mass is 264 g/mol. The van der Waals surface area contributed by atoms with Gasteiger partial charge in [0.2, 0.25) is 0 Å². The van der Waals surface area contributed by atoms with Crippen LogP contribution in [-0.2, 0) is 13.1 Å². The maximum atomic E-state index is 5.43. The quantitative estimate of drug-likeness (QED) is 0.832. The third-order valence-electron chi connectivity index (χ3n) is 4.11. The number of likely N-dealkylation sites (tertiary alicyclic amines) is 1. The number of aromatic nitrogens is 1. The zero-order valence-electron chi connectivity index (χ0n) is 11.9. The average molecular weight is 264 g/mol. The second-order valence-corrected chi connectivity index (χ2v) is 6.08. The summed E-state index contributed by atoms with van der Waals surface area (Å²) in [5.41, 5.74) is 1.03. The Morgan fingerprint density at radius 1 is 1.42 bits per heavy atom. The van der Waals surface area contributed by atoms with Gasteiger partial charge in [0.1, 0.15) is 0 Å². The van der Waals surface area contributed by atoms with Gasteiger partial charge in [-0.3, -0.25) is 4.90 Å². The first-order valence-corrected chi connectivity index (χ1v) is 7.27. The molecule has 19 heavy (non-hydrogen) atoms. The van der Waals surface area contributed by atoms with E-state index in [9.17, 15) is 0 Å². The Balaban J connectivity index is 1.47. The van der Waals surface area contributed by atoms with Crippen molar-refractivity contribution in [3.63, 3.8) is 0 Å². The van der Waals surface area contributed by atoms with Crippen LogP contribution in [0.4, 0.5) is 0 Å². The van der Waals surface area contributed by atoms with E-state index in [0.717, 1.165) is 43.7 Å². The Labute approximate surface area is 114 Å². The van der Waals surface area contributed by atoms with Crippen LogP contribution in [0.1, 0.15) is 30.7 Å². The summed E-state index contributed by atoms with van der Waals surface area (Å²) in [6.07, 6.45) is 3.87. The lowest BCUT2D eigenvalue weighted by molar-refractivity contribution is 0.241. The molecule has 106 valence electrons. The van der Waals surface area contributed by atoms with Gasteiger partial charge in [0, 0.05) is 37.8 Å². The van der Waals surface area contributed by atoms with Gasteiger partial charge in [-0.25, -0.2) is 0 Å². The third kappa shape index (κ3) is 3.55. The van der Waals surface area contributed by atoms with E-state index in [1.54, 1.807) is 0 Å². The van der Waals surface area contributed by atoms with Crippen LogP contribution in [0, 0.1) is 0 Å². The van der Waals surface area contributed by atoms with Gasteiger partial charge in [0.25, 0.3) is 0 Å². The van der Waals surface area contributed by atoms with Gasteiger partial charge < -0.3 is 14.7 Å². The summed E-state index contributed by atoms with van der Waals surface area (Å²) in [6, 6.07) is 3.50. The number of likely N-dealkylation sites (N-methyl/N-ethyl adjacent to an activating group) is 1. The van der Waals surface area contributed by atoms with Crippen molar-refractivity contribution in [2.24, 2.45) is 0 Å². The molecule has 0 amide bonds. The van der Waals surface area contributed by atoms with Crippen LogP contribution < -0.4 is 5.32 Å². The van der Waals surface area contributed by atoms with Crippen LogP contribution >= 0.6 is 0 Å². The van der Waals surface area contributed by atoms with E-state index in [0.29, 0.717) is 6.04 Å². The van der Waals surface area contributed by atoms with Crippen LogP contribution in [0.5, 0.6) is 0 Å². The molecule has 3 rings (SSSR count). The summed E-state index contributed by atoms with van der Waals surface area (Å²) in [7, 11) is 4.31. The first-order chi connectivity index (χ1) is 9.20. The molecule has 0 spiro atoms. The fraction of sp³-hybridized carbons (Fsp3) is 0.786. The minimum atomic E-state index is 0.680. The summed E-state index contributed by atoms with van der Waals surface area (Å²) in [5.74, 6) is 0.993. The molecule has 1 aromatic heterocycles. The molecule has 1 N–H and O–H groups in total. The van der Waals surface area contributed by atoms with Gasteiger partial charge in [0.05, 0.1) is 12.2 Å². The van der Waals surface area contributed by atoms with E-state index >= 15 is 0 Å². The number of nitrogens with one attached hydrogen (secondary N) is 1. The molecule has 1 aliphatic carbocycles. The van der Waals surface area contributed by atoms with E-state index < -0.39 is 0 Å². The van der Waals surface area contributed by atoms with Crippen molar-refractivity contribution in [2.75, 3.05) is 27.2 Å². The topological polar surface area (TPSA) is 44.5 Å². The average Bonchev–Trinajstić information content (AvgIpc) is 2.91. The van der Waals surface area contributed by atoms with Crippen molar-refractivity contribution < 1.29 is 4.52 Å². The van der Waals surface area contributed by atoms with Crippen molar-refractivity contribution >= 4 is 0 Å². The highest BCUT2D eigenvalue weighted by molar-refractivity contribution is 5.06. The Morgan fingerprint density at radius 2 is 2.26 bits per heavy atom. The molecule has 1 aliphatic heterocycles. The normalized spacial score (nSPS) is 24.5. The molecule has 1 aromatic rings. The van der Waals surface area contributed by atoms with Gasteiger partial charge in [-0.2, -0.15) is 0 Å². The lowest BCUT2D eigenvalue weighted by Gasteiger charge is -2.19. The van der Waals surface area contributed by atoms with Crippen molar-refractivity contribution in [2.45, 2.75) is 44.4 Å². The summed E-state index contributed by atoms with van der Waals surface area (Å²) >= 11 is 0. The Hall–Kier alpha value is -0.910. The summed E-state index contributed by atoms with van der Waals surface area (Å²) in [6.45, 7) is 4.01. The van der Waals surface area contributed by atoms with E-state index in [4.69, 9.17) is 4.52 Å². The number of hydrogen-bond donors (Lipinski definition) is 1. The number of nitrogens with zero attached hydrogens (tertiary/aromatic N) is 3. The fourth-order valence-electron chi connectivity index (χ4n) is 2.65. The van der Waals surface area contributed by atoms with E-state index in [1.165, 1.54) is 19.3 Å². The van der Waals surface area contributed by atoms with Crippen LogP contribution in [0.3, 0.4) is 0 Å². The highest BCUT2D eigenvalue weighted by Gasteiger charge is 2.25. The molecular weight excluding hydrogens is 240 g/mol. The van der Waals surface area contributed by atoms with Crippen molar-refractivity contribution in [3.05, 3.63) is 17.5 Å². The van der Waals surface area contributed by atoms with Gasteiger partial charge in [-0.15, -0.1) is 0 Å². The molecule has 2 fully saturated rings. The number of rotatable bonds is 6. The molecular formula is C14H24N4O. The van der Waals surface area contributed by atoms with E-state index in [1.807, 2.05) is 0 Å². The summed E-state index contributed by atoms with van der Waals surface area (Å²) in [5, 5.41) is 7.60. The zero-order chi connectivity index (χ0) is 13.2. The minimum Gasteiger partial charge on any atom is -0.360 e. The van der Waals surface area contributed by atoms with Crippen LogP contribution in [-0.4, -0.2) is 54.2 Å². The SMILES string of the molecule is CN(C)C1CCN(Cc2cc(CNC3CC3)no2)C1. The maximum absolute atomic E-state index is 5.43. The smallest absolute Gasteiger partial charge is 0.151 e. The zero-order valence-corrected chi connectivity index (χ0v) is 11.9. The molecule has 1 atom stereocenters. The van der Waals surface area contributed by atoms with E-state index in [-0.39, 0.29) is 0 Å². The van der Waals surface area contributed by atoms with Gasteiger partial charge in [0.15, 0.2) is 5.76 Å². The number of hydrogen-bond acceptors (Lipinski definition) is 5. The predicted octanol–water partition coefficient (Wildman–Crippen LogP) is 1.06. The van der Waals surface area contributed by atoms with Crippen molar-refractivity contribution in [1.29, 1.82) is 0 Å². The lowest BCUT2D eigenvalue weighted by atomic mass is 10.2. The second kappa shape index (κ2) is 5.61. The van der Waals surface area contributed by atoms with Crippen molar-refractivity contribution in [3.8, 4) is 0 Å². The standard InChI is InChI=1S/C14H24N4O/c1-17(2)13-5-6-18(9-13)10-14-7-12(16-19-14)8-15-11-3-4-11/h7,11,13,15H,3-6,8-10H2,1-2H3. The molecule has 2 heterocycles. The summed E-state index contributed by atoms with van der Waals surface area (Å²) < 4.78 is 5.43. The largest absolute Gasteiger partial charge is 0.360 e. The molecule has 0 aromatic carbocycles. The highest BCUT2D eigenvalue weighted by Crippen LogP contribution is 2.20. The second-order valence-electron chi connectivity index (χ2n) is 6.08. The maximum Gasteiger partial charge on any atom is 0.151 e. The molecule has 5 nitrogen and oxygen atoms in total. The Bertz CT molecular complexity index is 413. The first-order valence-electron chi connectivity index (χ1n) is 7.27. The van der Waals surface area contributed by atoms with Crippen LogP contribution in [0.2, 0.25) is 0 Å². The van der Waals surface area contributed by atoms with Gasteiger partial charge in [-0.05, 0) is 33.4 Å². The van der Waals surface area contributed by atoms with Gasteiger partial charge in [-0.1, -0.05) is 5.16 Å². The van der Waals surface area contributed by atoms with Gasteiger partial charge >= 0.3 is 0 Å². The van der Waals surface area contributed by atoms with Crippen molar-refractivity contribution in [1.82, 2.24) is 20.3 Å². The van der Waals surface area contributed by atoms with E-state index in [2.05, 4.69) is 40.4 Å². The molecule has 1 unspecified atom stereocenters. The molecule has 2 aliphatic rings. The molecule has 1 saturated carbocycles. The van der Waals surface area contributed by atoms with Crippen LogP contribution in [0.25, 0.3) is 0 Å². The Kier molecular flexibility index (Phi) is 3.86. The molecule has 0 radical (unpaired) electrons. The third-order valence-corrected chi connectivity index (χ3v) is 4.11. The highest BCUT2D eigenvalue weighted by atomic mass is 16.5. The predicted molar refractivity (Wildman–Crippen MR) is 73.7 cm³/mol. The molecule has 0 bridgehead atoms. The molecule has 1 saturated heterocycles. The Morgan fingerprint density at radius 3 is 2.95 bits per heavy atom. The summed E-state index contributed by atoms with van der Waals surface area (Å²) in [4.78, 5) is 4.76. The first kappa shape index (κ1) is 13.1. The fourth-order valence-corrected chi connectivity index (χ4v) is 2.65. The van der Waals surface area contributed by atoms with Crippen LogP contribution in [0.15, 0.2) is 10.6 Å². The molecule has 5 heteroatoms. The lowest BCUT2D eigenvalue weighted by Crippen LogP contribution is -2.31. The minimum absolute atomic E-state index is 0.680.